The van der Waals surface area contributed by atoms with E-state index in [0.717, 1.165) is 30.1 Å². The summed E-state index contributed by atoms with van der Waals surface area (Å²) in [6.07, 6.45) is 13.1. The average molecular weight is 246 g/mol. The van der Waals surface area contributed by atoms with Gasteiger partial charge in [-0.2, -0.15) is 0 Å². The lowest BCUT2D eigenvalue weighted by Crippen LogP contribution is -2.47. The Hall–Kier alpha value is -0.830. The highest BCUT2D eigenvalue weighted by atomic mass is 16.3. The lowest BCUT2D eigenvalue weighted by molar-refractivity contribution is -0.0615. The van der Waals surface area contributed by atoms with Gasteiger partial charge in [0.05, 0.1) is 12.2 Å². The molecule has 0 spiro atoms. The molecule has 4 aliphatic carbocycles. The van der Waals surface area contributed by atoms with Crippen molar-refractivity contribution in [3.05, 3.63) is 18.4 Å². The van der Waals surface area contributed by atoms with E-state index in [0.29, 0.717) is 5.41 Å². The van der Waals surface area contributed by atoms with Crippen molar-refractivity contribution in [1.29, 1.82) is 0 Å². The molecule has 1 aromatic rings. The molecule has 4 aliphatic rings. The Morgan fingerprint density at radius 2 is 1.83 bits per heavy atom. The molecule has 4 saturated carbocycles. The van der Waals surface area contributed by atoms with Gasteiger partial charge in [-0.15, -0.1) is 0 Å². The molecule has 1 atom stereocenters. The van der Waals surface area contributed by atoms with Crippen LogP contribution in [0.5, 0.6) is 0 Å². The minimum Gasteiger partial charge on any atom is -0.447 e. The van der Waals surface area contributed by atoms with Gasteiger partial charge in [0.2, 0.25) is 5.89 Å². The van der Waals surface area contributed by atoms with E-state index in [1.165, 1.54) is 38.5 Å². The fraction of sp³-hybridized carbons (Fsp3) is 0.800. The number of rotatable bonds is 3. The number of oxazole rings is 1. The highest BCUT2D eigenvalue weighted by molar-refractivity contribution is 5.04. The third kappa shape index (κ3) is 1.71. The molecular weight excluding hydrogens is 224 g/mol. The van der Waals surface area contributed by atoms with Gasteiger partial charge < -0.3 is 10.2 Å². The van der Waals surface area contributed by atoms with Gasteiger partial charge in [-0.25, -0.2) is 4.98 Å². The van der Waals surface area contributed by atoms with Crippen molar-refractivity contribution >= 4 is 0 Å². The molecule has 1 unspecified atom stereocenters. The van der Waals surface area contributed by atoms with E-state index in [9.17, 15) is 0 Å². The van der Waals surface area contributed by atoms with Crippen LogP contribution in [0.25, 0.3) is 0 Å². The maximum Gasteiger partial charge on any atom is 0.210 e. The molecule has 4 bridgehead atoms. The van der Waals surface area contributed by atoms with Gasteiger partial charge in [0.15, 0.2) is 0 Å². The maximum atomic E-state index is 6.30. The van der Waals surface area contributed by atoms with Crippen LogP contribution in [-0.2, 0) is 0 Å². The topological polar surface area (TPSA) is 52.0 Å². The Balaban J connectivity index is 1.54. The average Bonchev–Trinajstić information content (AvgIpc) is 2.79. The Kier molecular flexibility index (Phi) is 2.35. The Morgan fingerprint density at radius 1 is 1.22 bits per heavy atom. The normalized spacial score (nSPS) is 43.3. The summed E-state index contributed by atoms with van der Waals surface area (Å²) in [5, 5.41) is 0. The number of nitrogens with two attached hydrogens (primary N) is 1. The first-order valence-corrected chi connectivity index (χ1v) is 7.37. The molecule has 98 valence electrons. The minimum absolute atomic E-state index is 0.00347. The van der Waals surface area contributed by atoms with Gasteiger partial charge in [-0.3, -0.25) is 0 Å². The number of nitrogens with zero attached hydrogens (tertiary/aromatic N) is 1. The SMILES string of the molecule is NC(CC12CC3CC(CC(C3)C1)C2)c1ncco1. The first kappa shape index (κ1) is 11.0. The molecule has 0 saturated heterocycles. The quantitative estimate of drug-likeness (QED) is 0.890. The molecule has 18 heavy (non-hydrogen) atoms. The third-order valence-electron chi connectivity index (χ3n) is 5.59. The third-order valence-corrected chi connectivity index (χ3v) is 5.59. The van der Waals surface area contributed by atoms with Crippen LogP contribution in [0.15, 0.2) is 16.9 Å². The summed E-state index contributed by atoms with van der Waals surface area (Å²) in [6.45, 7) is 0. The zero-order valence-corrected chi connectivity index (χ0v) is 10.8. The number of hydrogen-bond acceptors (Lipinski definition) is 3. The molecule has 2 N–H and O–H groups in total. The molecule has 0 radical (unpaired) electrons. The molecular formula is C15H22N2O. The van der Waals surface area contributed by atoms with Gasteiger partial charge in [0.1, 0.15) is 6.26 Å². The van der Waals surface area contributed by atoms with Crippen molar-refractivity contribution in [3.63, 3.8) is 0 Å². The molecule has 0 amide bonds. The summed E-state index contributed by atoms with van der Waals surface area (Å²) in [5.74, 6) is 3.71. The van der Waals surface area contributed by atoms with Crippen molar-refractivity contribution in [1.82, 2.24) is 4.98 Å². The van der Waals surface area contributed by atoms with Gasteiger partial charge in [-0.1, -0.05) is 0 Å². The van der Waals surface area contributed by atoms with Crippen molar-refractivity contribution in [2.24, 2.45) is 28.9 Å². The van der Waals surface area contributed by atoms with Crippen LogP contribution in [0.2, 0.25) is 0 Å². The maximum absolute atomic E-state index is 6.30. The molecule has 4 fully saturated rings. The Bertz CT molecular complexity index is 390. The molecule has 0 aromatic carbocycles. The monoisotopic (exact) mass is 246 g/mol. The highest BCUT2D eigenvalue weighted by Gasteiger charge is 2.51. The van der Waals surface area contributed by atoms with Crippen molar-refractivity contribution in [2.75, 3.05) is 0 Å². The zero-order valence-electron chi connectivity index (χ0n) is 10.8. The Morgan fingerprint density at radius 3 is 2.33 bits per heavy atom. The second kappa shape index (κ2) is 3.83. The van der Waals surface area contributed by atoms with E-state index >= 15 is 0 Å². The fourth-order valence-corrected chi connectivity index (χ4v) is 5.51. The lowest BCUT2D eigenvalue weighted by Gasteiger charge is -2.57. The molecule has 1 aromatic heterocycles. The van der Waals surface area contributed by atoms with Crippen LogP contribution in [0, 0.1) is 23.2 Å². The van der Waals surface area contributed by atoms with E-state index < -0.39 is 0 Å². The van der Waals surface area contributed by atoms with Crippen LogP contribution in [0.3, 0.4) is 0 Å². The van der Waals surface area contributed by atoms with Crippen LogP contribution in [0.4, 0.5) is 0 Å². The summed E-state index contributed by atoms with van der Waals surface area (Å²) in [7, 11) is 0. The van der Waals surface area contributed by atoms with Gasteiger partial charge in [0, 0.05) is 0 Å². The van der Waals surface area contributed by atoms with Gasteiger partial charge in [-0.05, 0) is 68.1 Å². The number of hydrogen-bond donors (Lipinski definition) is 1. The minimum atomic E-state index is -0.00347. The molecule has 3 heteroatoms. The summed E-state index contributed by atoms with van der Waals surface area (Å²) in [6, 6.07) is -0.00347. The second-order valence-corrected chi connectivity index (χ2v) is 7.10. The molecule has 1 heterocycles. The van der Waals surface area contributed by atoms with E-state index in [1.807, 2.05) is 0 Å². The summed E-state index contributed by atoms with van der Waals surface area (Å²) >= 11 is 0. The van der Waals surface area contributed by atoms with E-state index in [4.69, 9.17) is 10.2 Å². The first-order valence-electron chi connectivity index (χ1n) is 7.37. The van der Waals surface area contributed by atoms with E-state index in [-0.39, 0.29) is 6.04 Å². The summed E-state index contributed by atoms with van der Waals surface area (Å²) in [4.78, 5) is 4.22. The van der Waals surface area contributed by atoms with Crippen molar-refractivity contribution in [2.45, 2.75) is 51.0 Å². The van der Waals surface area contributed by atoms with Crippen LogP contribution in [0.1, 0.15) is 56.9 Å². The number of aromatic nitrogens is 1. The van der Waals surface area contributed by atoms with Crippen LogP contribution >= 0.6 is 0 Å². The highest BCUT2D eigenvalue weighted by Crippen LogP contribution is 2.62. The predicted octanol–water partition coefficient (Wildman–Crippen LogP) is 3.28. The van der Waals surface area contributed by atoms with E-state index in [1.54, 1.807) is 12.5 Å². The first-order chi connectivity index (χ1) is 8.72. The van der Waals surface area contributed by atoms with E-state index in [2.05, 4.69) is 4.98 Å². The van der Waals surface area contributed by atoms with Gasteiger partial charge >= 0.3 is 0 Å². The van der Waals surface area contributed by atoms with Crippen molar-refractivity contribution in [3.8, 4) is 0 Å². The predicted molar refractivity (Wildman–Crippen MR) is 68.7 cm³/mol. The van der Waals surface area contributed by atoms with Gasteiger partial charge in [0.25, 0.3) is 0 Å². The van der Waals surface area contributed by atoms with Crippen LogP contribution in [-0.4, -0.2) is 4.98 Å². The standard InChI is InChI=1S/C15H22N2O/c16-13(14-17-1-2-18-14)9-15-6-10-3-11(7-15)5-12(4-10)8-15/h1-2,10-13H,3-9,16H2. The summed E-state index contributed by atoms with van der Waals surface area (Å²) in [5.41, 5.74) is 6.82. The molecule has 0 aliphatic heterocycles. The summed E-state index contributed by atoms with van der Waals surface area (Å²) < 4.78 is 5.37. The molecule has 3 nitrogen and oxygen atoms in total. The Labute approximate surface area is 108 Å². The van der Waals surface area contributed by atoms with Crippen LogP contribution < -0.4 is 5.73 Å². The largest absolute Gasteiger partial charge is 0.447 e. The van der Waals surface area contributed by atoms with Crippen molar-refractivity contribution < 1.29 is 4.42 Å². The molecule has 5 rings (SSSR count). The fourth-order valence-electron chi connectivity index (χ4n) is 5.51. The zero-order chi connectivity index (χ0) is 12.2. The smallest absolute Gasteiger partial charge is 0.210 e. The second-order valence-electron chi connectivity index (χ2n) is 7.10. The lowest BCUT2D eigenvalue weighted by atomic mass is 9.48.